The zero-order chi connectivity index (χ0) is 38.9. The fraction of sp³-hybridized carbons (Fsp3) is 0.0755. The van der Waals surface area contributed by atoms with Crippen LogP contribution in [0.5, 0.6) is 0 Å². The van der Waals surface area contributed by atoms with E-state index in [2.05, 4.69) is 161 Å². The summed E-state index contributed by atoms with van der Waals surface area (Å²) in [5, 5.41) is 5.97. The van der Waals surface area contributed by atoms with Gasteiger partial charge in [-0.05, 0) is 85.4 Å². The van der Waals surface area contributed by atoms with Gasteiger partial charge in [-0.3, -0.25) is 4.57 Å². The van der Waals surface area contributed by atoms with Crippen molar-refractivity contribution in [2.45, 2.75) is 25.7 Å². The lowest BCUT2D eigenvalue weighted by atomic mass is 10.0. The molecule has 6 heteroatoms. The van der Waals surface area contributed by atoms with Crippen LogP contribution in [0.25, 0.3) is 105 Å². The lowest BCUT2D eigenvalue weighted by Crippen LogP contribution is -2.02. The molecule has 6 aromatic carbocycles. The highest BCUT2D eigenvalue weighted by molar-refractivity contribution is 7.19. The van der Waals surface area contributed by atoms with Crippen molar-refractivity contribution < 1.29 is 0 Å². The third-order valence-electron chi connectivity index (χ3n) is 11.8. The number of para-hydroxylation sites is 1. The molecular formula is C53H37N5S. The van der Waals surface area contributed by atoms with Crippen molar-refractivity contribution in [3.63, 3.8) is 0 Å². The van der Waals surface area contributed by atoms with Crippen LogP contribution in [0.2, 0.25) is 0 Å². The molecule has 4 aromatic heterocycles. The van der Waals surface area contributed by atoms with Crippen LogP contribution < -0.4 is 0 Å². The Labute approximate surface area is 345 Å². The van der Waals surface area contributed by atoms with E-state index in [1.807, 2.05) is 24.3 Å². The van der Waals surface area contributed by atoms with Gasteiger partial charge in [0.15, 0.2) is 5.82 Å². The Balaban J connectivity index is 1.04. The molecule has 0 spiro atoms. The Kier molecular flexibility index (Phi) is 7.91. The van der Waals surface area contributed by atoms with Crippen LogP contribution >= 0.6 is 11.3 Å². The van der Waals surface area contributed by atoms with E-state index in [4.69, 9.17) is 15.0 Å². The number of allylic oxidation sites excluding steroid dienone is 8. The molecular weight excluding hydrogens is 739 g/mol. The molecule has 0 atom stereocenters. The minimum atomic E-state index is 0.700. The third-order valence-corrected chi connectivity index (χ3v) is 12.9. The van der Waals surface area contributed by atoms with Gasteiger partial charge in [0.1, 0.15) is 10.8 Å². The molecule has 0 bridgehead atoms. The average molecular weight is 776 g/mol. The molecule has 0 fully saturated rings. The maximum absolute atomic E-state index is 5.24. The largest absolute Gasteiger partial charge is 0.310 e. The van der Waals surface area contributed by atoms with E-state index < -0.39 is 0 Å². The molecule has 0 radical (unpaired) electrons. The van der Waals surface area contributed by atoms with Crippen molar-refractivity contribution in [3.8, 4) is 39.6 Å². The molecule has 59 heavy (non-hydrogen) atoms. The molecule has 0 saturated carbocycles. The third kappa shape index (κ3) is 5.70. The maximum atomic E-state index is 5.24. The number of aromatic nitrogens is 5. The number of hydrogen-bond donors (Lipinski definition) is 0. The van der Waals surface area contributed by atoms with Gasteiger partial charge in [0.2, 0.25) is 0 Å². The van der Waals surface area contributed by atoms with E-state index in [0.717, 1.165) is 69.9 Å². The SMILES string of the molecule is C1=CC(c2nc3cc4c(cc3s2)c2cc(-c3ccc5c(c3)c3ccccc3n5-c3cc(-c5ccccc5)nc(-c5ccccc5)n3)ccc2n4C2=CCCC=C2)=CCC1. The summed E-state index contributed by atoms with van der Waals surface area (Å²) in [6, 6.07) is 50.0. The van der Waals surface area contributed by atoms with Crippen LogP contribution in [0.15, 0.2) is 176 Å². The summed E-state index contributed by atoms with van der Waals surface area (Å²) in [4.78, 5) is 15.5. The highest BCUT2D eigenvalue weighted by Crippen LogP contribution is 2.41. The van der Waals surface area contributed by atoms with Crippen LogP contribution in [0, 0.1) is 0 Å². The molecule has 5 nitrogen and oxygen atoms in total. The minimum Gasteiger partial charge on any atom is -0.310 e. The Bertz CT molecular complexity index is 3370. The first-order chi connectivity index (χ1) is 29.2. The number of thiazole rings is 1. The van der Waals surface area contributed by atoms with E-state index in [9.17, 15) is 0 Å². The van der Waals surface area contributed by atoms with Crippen LogP contribution in [0.4, 0.5) is 0 Å². The second kappa shape index (κ2) is 13.8. The zero-order valence-corrected chi connectivity index (χ0v) is 33.0. The van der Waals surface area contributed by atoms with Gasteiger partial charge in [-0.15, -0.1) is 11.3 Å². The van der Waals surface area contributed by atoms with Gasteiger partial charge in [0, 0.05) is 50.0 Å². The van der Waals surface area contributed by atoms with Crippen molar-refractivity contribution in [1.29, 1.82) is 0 Å². The topological polar surface area (TPSA) is 48.5 Å². The predicted molar refractivity (Wildman–Crippen MR) is 248 cm³/mol. The Morgan fingerprint density at radius 3 is 1.86 bits per heavy atom. The molecule has 0 N–H and O–H groups in total. The predicted octanol–water partition coefficient (Wildman–Crippen LogP) is 14.2. The lowest BCUT2D eigenvalue weighted by Gasteiger charge is -2.12. The highest BCUT2D eigenvalue weighted by atomic mass is 32.1. The zero-order valence-electron chi connectivity index (χ0n) is 32.2. The van der Waals surface area contributed by atoms with Crippen molar-refractivity contribution >= 4 is 76.4 Å². The van der Waals surface area contributed by atoms with Crippen molar-refractivity contribution in [3.05, 3.63) is 181 Å². The van der Waals surface area contributed by atoms with Gasteiger partial charge >= 0.3 is 0 Å². The molecule has 4 heterocycles. The van der Waals surface area contributed by atoms with Crippen molar-refractivity contribution in [2.24, 2.45) is 0 Å². The molecule has 280 valence electrons. The van der Waals surface area contributed by atoms with Gasteiger partial charge in [-0.25, -0.2) is 15.0 Å². The molecule has 0 saturated heterocycles. The fourth-order valence-corrected chi connectivity index (χ4v) is 9.99. The van der Waals surface area contributed by atoms with Crippen LogP contribution in [0.1, 0.15) is 30.7 Å². The van der Waals surface area contributed by atoms with E-state index in [0.29, 0.717) is 5.82 Å². The lowest BCUT2D eigenvalue weighted by molar-refractivity contribution is 1.02. The summed E-state index contributed by atoms with van der Waals surface area (Å²) < 4.78 is 5.95. The van der Waals surface area contributed by atoms with Crippen molar-refractivity contribution in [2.75, 3.05) is 0 Å². The number of hydrogen-bond acceptors (Lipinski definition) is 4. The van der Waals surface area contributed by atoms with Crippen molar-refractivity contribution in [1.82, 2.24) is 24.1 Å². The average Bonchev–Trinajstić information content (AvgIpc) is 3.98. The van der Waals surface area contributed by atoms with Crippen LogP contribution in [-0.2, 0) is 0 Å². The summed E-state index contributed by atoms with van der Waals surface area (Å²) in [5.74, 6) is 1.54. The Morgan fingerprint density at radius 1 is 0.458 bits per heavy atom. The summed E-state index contributed by atoms with van der Waals surface area (Å²) in [7, 11) is 0. The maximum Gasteiger partial charge on any atom is 0.162 e. The fourth-order valence-electron chi connectivity index (χ4n) is 8.98. The summed E-state index contributed by atoms with van der Waals surface area (Å²) >= 11 is 1.79. The Hall–Kier alpha value is -7.15. The number of fused-ring (bicyclic) bond motifs is 7. The van der Waals surface area contributed by atoms with E-state index >= 15 is 0 Å². The van der Waals surface area contributed by atoms with Crippen LogP contribution in [-0.4, -0.2) is 24.1 Å². The van der Waals surface area contributed by atoms with Gasteiger partial charge in [-0.1, -0.05) is 121 Å². The molecule has 2 aliphatic rings. The van der Waals surface area contributed by atoms with Crippen LogP contribution in [0.3, 0.4) is 0 Å². The van der Waals surface area contributed by atoms with Gasteiger partial charge < -0.3 is 4.57 Å². The summed E-state index contributed by atoms with van der Waals surface area (Å²) in [6.07, 6.45) is 18.0. The monoisotopic (exact) mass is 775 g/mol. The van der Waals surface area contributed by atoms with E-state index in [-0.39, 0.29) is 0 Å². The number of benzene rings is 6. The second-order valence-electron chi connectivity index (χ2n) is 15.4. The van der Waals surface area contributed by atoms with Gasteiger partial charge in [0.05, 0.1) is 38.0 Å². The second-order valence-corrected chi connectivity index (χ2v) is 16.5. The normalized spacial score (nSPS) is 14.2. The smallest absolute Gasteiger partial charge is 0.162 e. The molecule has 0 unspecified atom stereocenters. The summed E-state index contributed by atoms with van der Waals surface area (Å²) in [6.45, 7) is 0. The molecule has 10 aromatic rings. The van der Waals surface area contributed by atoms with Gasteiger partial charge in [0.25, 0.3) is 0 Å². The molecule has 2 aliphatic carbocycles. The first kappa shape index (κ1) is 33.9. The highest BCUT2D eigenvalue weighted by Gasteiger charge is 2.20. The van der Waals surface area contributed by atoms with Gasteiger partial charge in [-0.2, -0.15) is 0 Å². The molecule has 0 amide bonds. The number of nitrogens with zero attached hydrogens (tertiary/aromatic N) is 5. The first-order valence-electron chi connectivity index (χ1n) is 20.4. The minimum absolute atomic E-state index is 0.700. The molecule has 0 aliphatic heterocycles. The quantitative estimate of drug-likeness (QED) is 0.169. The standard InChI is InChI=1S/C53H37N5S/c1-5-15-34(16-6-1)44-33-51(56-52(54-44)35-17-7-2-8-18-35)58-46-24-14-13-23-40(46)41-29-37(26-28-48(41)58)38-25-27-47-42(30-38)43-31-50-45(55-53(59-50)36-19-9-3-10-20-36)32-49(43)57(47)39-21-11-4-12-22-39/h1-2,5-9,11,13-33H,3-4,10,12H2. The number of rotatable bonds is 6. The molecule has 12 rings (SSSR count). The first-order valence-corrected chi connectivity index (χ1v) is 21.2. The van der Waals surface area contributed by atoms with E-state index in [1.54, 1.807) is 11.3 Å². The summed E-state index contributed by atoms with van der Waals surface area (Å²) in [5.41, 5.74) is 13.4. The Morgan fingerprint density at radius 2 is 1.12 bits per heavy atom. The van der Waals surface area contributed by atoms with E-state index in [1.165, 1.54) is 59.7 Å².